The zero-order valence-corrected chi connectivity index (χ0v) is 14.5. The van der Waals surface area contributed by atoms with Crippen LogP contribution in [0.3, 0.4) is 0 Å². The third kappa shape index (κ3) is 2.68. The Hall–Kier alpha value is -2.43. The fourth-order valence-corrected chi connectivity index (χ4v) is 3.49. The van der Waals surface area contributed by atoms with E-state index in [-0.39, 0.29) is 18.4 Å². The van der Waals surface area contributed by atoms with E-state index in [9.17, 15) is 9.59 Å². The Morgan fingerprint density at radius 1 is 0.920 bits per heavy atom. The number of fused-ring (bicyclic) bond motifs is 2. The molecule has 1 aliphatic rings. The SMILES string of the molecule is O=C1c2ccccc2C(=O)N1CCc1cc2c(Cl)cccc2nc1Cl. The van der Waals surface area contributed by atoms with Crippen molar-refractivity contribution in [3.05, 3.63) is 75.4 Å². The number of aromatic nitrogens is 1. The molecule has 0 spiro atoms. The first kappa shape index (κ1) is 16.1. The summed E-state index contributed by atoms with van der Waals surface area (Å²) in [5.74, 6) is -0.549. The van der Waals surface area contributed by atoms with Crippen LogP contribution in [0.25, 0.3) is 10.9 Å². The van der Waals surface area contributed by atoms with Gasteiger partial charge in [-0.2, -0.15) is 0 Å². The summed E-state index contributed by atoms with van der Waals surface area (Å²) in [5, 5.41) is 1.74. The van der Waals surface area contributed by atoms with E-state index in [1.807, 2.05) is 18.2 Å². The minimum absolute atomic E-state index is 0.240. The molecule has 2 aromatic carbocycles. The number of nitrogens with zero attached hydrogens (tertiary/aromatic N) is 2. The third-order valence-corrected chi connectivity index (χ3v) is 4.97. The summed E-state index contributed by atoms with van der Waals surface area (Å²) in [6, 6.07) is 14.1. The Morgan fingerprint density at radius 2 is 1.60 bits per heavy atom. The van der Waals surface area contributed by atoms with Gasteiger partial charge >= 0.3 is 0 Å². The monoisotopic (exact) mass is 370 g/mol. The highest BCUT2D eigenvalue weighted by Crippen LogP contribution is 2.28. The van der Waals surface area contributed by atoms with Crippen molar-refractivity contribution in [1.29, 1.82) is 0 Å². The van der Waals surface area contributed by atoms with Gasteiger partial charge in [0, 0.05) is 17.0 Å². The van der Waals surface area contributed by atoms with Gasteiger partial charge < -0.3 is 0 Å². The minimum Gasteiger partial charge on any atom is -0.274 e. The number of hydrogen-bond donors (Lipinski definition) is 0. The summed E-state index contributed by atoms with van der Waals surface area (Å²) < 4.78 is 0. The lowest BCUT2D eigenvalue weighted by Crippen LogP contribution is -2.31. The van der Waals surface area contributed by atoms with E-state index in [2.05, 4.69) is 4.98 Å². The average molecular weight is 371 g/mol. The second kappa shape index (κ2) is 6.14. The summed E-state index contributed by atoms with van der Waals surface area (Å²) in [6.07, 6.45) is 0.415. The predicted octanol–water partition coefficient (Wildman–Crippen LogP) is 4.38. The molecule has 1 aromatic heterocycles. The smallest absolute Gasteiger partial charge is 0.261 e. The van der Waals surface area contributed by atoms with Crippen LogP contribution in [-0.4, -0.2) is 28.2 Å². The fourth-order valence-electron chi connectivity index (χ4n) is 3.03. The van der Waals surface area contributed by atoms with Gasteiger partial charge in [-0.25, -0.2) is 4.98 Å². The van der Waals surface area contributed by atoms with E-state index in [4.69, 9.17) is 23.2 Å². The van der Waals surface area contributed by atoms with Gasteiger partial charge in [0.05, 0.1) is 16.6 Å². The zero-order valence-electron chi connectivity index (χ0n) is 13.0. The molecule has 0 N–H and O–H groups in total. The molecular formula is C19H12Cl2N2O2. The highest BCUT2D eigenvalue weighted by Gasteiger charge is 2.34. The standard InChI is InChI=1S/C19H12Cl2N2O2/c20-15-6-3-7-16-14(15)10-11(17(21)22-16)8-9-23-18(24)12-4-1-2-5-13(12)19(23)25/h1-7,10H,8-9H2. The van der Waals surface area contributed by atoms with E-state index in [1.165, 1.54) is 4.90 Å². The topological polar surface area (TPSA) is 50.3 Å². The number of carbonyl (C=O) groups excluding carboxylic acids is 2. The highest BCUT2D eigenvalue weighted by atomic mass is 35.5. The van der Waals surface area contributed by atoms with Crippen molar-refractivity contribution in [1.82, 2.24) is 9.88 Å². The van der Waals surface area contributed by atoms with Gasteiger partial charge in [-0.15, -0.1) is 0 Å². The lowest BCUT2D eigenvalue weighted by Gasteiger charge is -2.14. The van der Waals surface area contributed by atoms with Crippen LogP contribution in [0.5, 0.6) is 0 Å². The Bertz CT molecular complexity index is 998. The third-order valence-electron chi connectivity index (χ3n) is 4.31. The lowest BCUT2D eigenvalue weighted by atomic mass is 10.1. The number of imide groups is 1. The number of benzene rings is 2. The van der Waals surface area contributed by atoms with Gasteiger partial charge in [0.2, 0.25) is 0 Å². The normalized spacial score (nSPS) is 13.6. The van der Waals surface area contributed by atoms with Crippen molar-refractivity contribution in [2.45, 2.75) is 6.42 Å². The van der Waals surface area contributed by atoms with Crippen molar-refractivity contribution in [3.63, 3.8) is 0 Å². The van der Waals surface area contributed by atoms with Crippen LogP contribution in [0.2, 0.25) is 10.2 Å². The maximum Gasteiger partial charge on any atom is 0.261 e. The Kier molecular flexibility index (Phi) is 3.94. The molecule has 1 aliphatic heterocycles. The van der Waals surface area contributed by atoms with Crippen LogP contribution >= 0.6 is 23.2 Å². The van der Waals surface area contributed by atoms with Gasteiger partial charge in [-0.3, -0.25) is 14.5 Å². The molecular weight excluding hydrogens is 359 g/mol. The van der Waals surface area contributed by atoms with Crippen LogP contribution in [-0.2, 0) is 6.42 Å². The summed E-state index contributed by atoms with van der Waals surface area (Å²) in [7, 11) is 0. The molecule has 25 heavy (non-hydrogen) atoms. The maximum absolute atomic E-state index is 12.4. The average Bonchev–Trinajstić information content (AvgIpc) is 2.85. The van der Waals surface area contributed by atoms with Crippen LogP contribution < -0.4 is 0 Å². The van der Waals surface area contributed by atoms with Crippen LogP contribution in [0.4, 0.5) is 0 Å². The summed E-state index contributed by atoms with van der Waals surface area (Å²) in [4.78, 5) is 30.4. The van der Waals surface area contributed by atoms with Crippen LogP contribution in [0, 0.1) is 0 Å². The highest BCUT2D eigenvalue weighted by molar-refractivity contribution is 6.36. The summed E-state index contributed by atoms with van der Waals surface area (Å²) in [5.41, 5.74) is 2.34. The van der Waals surface area contributed by atoms with Gasteiger partial charge in [0.15, 0.2) is 0 Å². The Balaban J connectivity index is 1.61. The quantitative estimate of drug-likeness (QED) is 0.507. The Morgan fingerprint density at radius 3 is 2.28 bits per heavy atom. The molecule has 3 aromatic rings. The molecule has 124 valence electrons. The lowest BCUT2D eigenvalue weighted by molar-refractivity contribution is 0.0656. The molecule has 0 unspecified atom stereocenters. The molecule has 2 heterocycles. The summed E-state index contributed by atoms with van der Waals surface area (Å²) >= 11 is 12.5. The number of amides is 2. The van der Waals surface area contributed by atoms with Crippen molar-refractivity contribution >= 4 is 45.9 Å². The largest absolute Gasteiger partial charge is 0.274 e. The molecule has 0 fully saturated rings. The Labute approximate surface area is 154 Å². The second-order valence-corrected chi connectivity index (χ2v) is 6.57. The first-order valence-corrected chi connectivity index (χ1v) is 8.51. The minimum atomic E-state index is -0.275. The van der Waals surface area contributed by atoms with Crippen LogP contribution in [0.15, 0.2) is 48.5 Å². The van der Waals surface area contributed by atoms with Gasteiger partial charge in [-0.05, 0) is 42.3 Å². The van der Waals surface area contributed by atoms with Crippen molar-refractivity contribution in [3.8, 4) is 0 Å². The summed E-state index contributed by atoms with van der Waals surface area (Å²) in [6.45, 7) is 0.240. The van der Waals surface area contributed by atoms with E-state index in [0.717, 1.165) is 10.9 Å². The molecule has 4 rings (SSSR count). The van der Waals surface area contributed by atoms with E-state index in [1.54, 1.807) is 30.3 Å². The number of halogens is 2. The molecule has 0 saturated heterocycles. The number of rotatable bonds is 3. The van der Waals surface area contributed by atoms with Gasteiger partial charge in [-0.1, -0.05) is 41.4 Å². The molecule has 0 saturated carbocycles. The maximum atomic E-state index is 12.4. The number of hydrogen-bond acceptors (Lipinski definition) is 3. The van der Waals surface area contributed by atoms with Crippen molar-refractivity contribution in [2.75, 3.05) is 6.54 Å². The van der Waals surface area contributed by atoms with Crippen LogP contribution in [0.1, 0.15) is 26.3 Å². The predicted molar refractivity (Wildman–Crippen MR) is 97.3 cm³/mol. The van der Waals surface area contributed by atoms with E-state index >= 15 is 0 Å². The number of pyridine rings is 1. The molecule has 0 aliphatic carbocycles. The van der Waals surface area contributed by atoms with E-state index in [0.29, 0.717) is 33.2 Å². The van der Waals surface area contributed by atoms with Crippen molar-refractivity contribution in [2.24, 2.45) is 0 Å². The molecule has 6 heteroatoms. The molecule has 4 nitrogen and oxygen atoms in total. The number of carbonyl (C=O) groups is 2. The molecule has 0 bridgehead atoms. The van der Waals surface area contributed by atoms with Gasteiger partial charge in [0.1, 0.15) is 5.15 Å². The van der Waals surface area contributed by atoms with Crippen molar-refractivity contribution < 1.29 is 9.59 Å². The van der Waals surface area contributed by atoms with Gasteiger partial charge in [0.25, 0.3) is 11.8 Å². The fraction of sp³-hybridized carbons (Fsp3) is 0.105. The molecule has 0 radical (unpaired) electrons. The molecule has 2 amide bonds. The zero-order chi connectivity index (χ0) is 17.6. The second-order valence-electron chi connectivity index (χ2n) is 5.80. The molecule has 0 atom stereocenters. The first-order chi connectivity index (χ1) is 12.1. The first-order valence-electron chi connectivity index (χ1n) is 7.75. The van der Waals surface area contributed by atoms with E-state index < -0.39 is 0 Å².